The maximum atomic E-state index is 12.7. The third-order valence-electron chi connectivity index (χ3n) is 5.29. The van der Waals surface area contributed by atoms with Gasteiger partial charge in [0.15, 0.2) is 17.3 Å². The summed E-state index contributed by atoms with van der Waals surface area (Å²) in [4.78, 5) is 22.3. The van der Waals surface area contributed by atoms with E-state index < -0.39 is 0 Å². The van der Waals surface area contributed by atoms with Crippen LogP contribution < -0.4 is 15.0 Å². The first-order valence-corrected chi connectivity index (χ1v) is 11.5. The maximum absolute atomic E-state index is 12.7. The smallest absolute Gasteiger partial charge is 0.260 e. The van der Waals surface area contributed by atoms with Gasteiger partial charge in [0, 0.05) is 4.88 Å². The average Bonchev–Trinajstić information content (AvgIpc) is 3.13. The van der Waals surface area contributed by atoms with E-state index in [1.807, 2.05) is 18.2 Å². The van der Waals surface area contributed by atoms with Gasteiger partial charge in [0.25, 0.3) is 5.56 Å². The van der Waals surface area contributed by atoms with Gasteiger partial charge in [-0.2, -0.15) is 0 Å². The van der Waals surface area contributed by atoms with Crippen molar-refractivity contribution < 1.29 is 9.47 Å². The second-order valence-electron chi connectivity index (χ2n) is 7.41. The van der Waals surface area contributed by atoms with Crippen LogP contribution in [0.15, 0.2) is 23.0 Å². The minimum Gasteiger partial charge on any atom is -0.493 e. The fourth-order valence-corrected chi connectivity index (χ4v) is 5.19. The van der Waals surface area contributed by atoms with E-state index in [-0.39, 0.29) is 5.56 Å². The SMILES string of the molecule is CCCCOc1ccc(/C=C(\Cl)c2nc3sc4c(c3c(=O)[nH]2)CCCC4)cc1OC. The molecule has 2 aromatic heterocycles. The van der Waals surface area contributed by atoms with E-state index in [0.29, 0.717) is 29.0 Å². The zero-order valence-corrected chi connectivity index (χ0v) is 18.8. The Balaban J connectivity index is 1.64. The first-order valence-electron chi connectivity index (χ1n) is 10.3. The van der Waals surface area contributed by atoms with Crippen LogP contribution in [0.3, 0.4) is 0 Å². The third-order valence-corrected chi connectivity index (χ3v) is 6.76. The van der Waals surface area contributed by atoms with Gasteiger partial charge in [-0.15, -0.1) is 11.3 Å². The second kappa shape index (κ2) is 9.23. The van der Waals surface area contributed by atoms with Crippen LogP contribution in [0, 0.1) is 0 Å². The van der Waals surface area contributed by atoms with Crippen LogP contribution in [-0.2, 0) is 12.8 Å². The molecule has 2 heterocycles. The Morgan fingerprint density at radius 3 is 2.93 bits per heavy atom. The Kier molecular flexibility index (Phi) is 6.44. The lowest BCUT2D eigenvalue weighted by atomic mass is 9.97. The van der Waals surface area contributed by atoms with Crippen LogP contribution in [0.1, 0.15) is 54.4 Å². The number of ether oxygens (including phenoxy) is 2. The third kappa shape index (κ3) is 4.25. The first kappa shape index (κ1) is 20.9. The van der Waals surface area contributed by atoms with Crippen molar-refractivity contribution in [2.75, 3.05) is 13.7 Å². The van der Waals surface area contributed by atoms with Crippen LogP contribution in [0.4, 0.5) is 0 Å². The predicted octanol–water partition coefficient (Wildman–Crippen LogP) is 5.79. The van der Waals surface area contributed by atoms with Gasteiger partial charge in [-0.25, -0.2) is 4.98 Å². The minimum absolute atomic E-state index is 0.113. The van der Waals surface area contributed by atoms with E-state index in [2.05, 4.69) is 16.9 Å². The van der Waals surface area contributed by atoms with Crippen LogP contribution in [0.5, 0.6) is 11.5 Å². The Bertz CT molecular complexity index is 1150. The van der Waals surface area contributed by atoms with Gasteiger partial charge in [0.05, 0.1) is 24.1 Å². The quantitative estimate of drug-likeness (QED) is 0.468. The molecule has 1 N–H and O–H groups in total. The number of halogens is 1. The maximum Gasteiger partial charge on any atom is 0.260 e. The van der Waals surface area contributed by atoms with Crippen molar-refractivity contribution in [1.29, 1.82) is 0 Å². The molecule has 1 aromatic carbocycles. The van der Waals surface area contributed by atoms with Crippen molar-refractivity contribution in [3.05, 3.63) is 50.4 Å². The standard InChI is InChI=1S/C23H25ClN2O3S/c1-3-4-11-29-17-10-9-14(13-18(17)28-2)12-16(24)21-25-22(27)20-15-7-5-6-8-19(15)30-23(20)26-21/h9-10,12-13H,3-8,11H2,1-2H3,(H,25,26,27)/b16-12-. The number of fused-ring (bicyclic) bond motifs is 3. The van der Waals surface area contributed by atoms with Crippen molar-refractivity contribution in [2.45, 2.75) is 45.4 Å². The van der Waals surface area contributed by atoms with Crippen LogP contribution in [0.25, 0.3) is 21.3 Å². The van der Waals surface area contributed by atoms with Crippen LogP contribution >= 0.6 is 22.9 Å². The van der Waals surface area contributed by atoms with E-state index in [4.69, 9.17) is 21.1 Å². The number of aryl methyl sites for hydroxylation is 2. The number of aromatic amines is 1. The second-order valence-corrected chi connectivity index (χ2v) is 8.90. The molecule has 7 heteroatoms. The molecule has 0 unspecified atom stereocenters. The Labute approximate surface area is 184 Å². The van der Waals surface area contributed by atoms with E-state index in [9.17, 15) is 4.79 Å². The van der Waals surface area contributed by atoms with Crippen molar-refractivity contribution in [3.8, 4) is 11.5 Å². The fourth-order valence-electron chi connectivity index (χ4n) is 3.71. The molecular formula is C23H25ClN2O3S. The lowest BCUT2D eigenvalue weighted by Gasteiger charge is -2.11. The molecule has 0 atom stereocenters. The number of benzene rings is 1. The normalized spacial score (nSPS) is 14.0. The number of hydrogen-bond acceptors (Lipinski definition) is 5. The highest BCUT2D eigenvalue weighted by Gasteiger charge is 2.20. The van der Waals surface area contributed by atoms with Gasteiger partial charge in [0.2, 0.25) is 0 Å². The molecule has 4 rings (SSSR count). The average molecular weight is 445 g/mol. The molecular weight excluding hydrogens is 420 g/mol. The Hall–Kier alpha value is -2.31. The first-order chi connectivity index (χ1) is 14.6. The summed E-state index contributed by atoms with van der Waals surface area (Å²) < 4.78 is 11.2. The monoisotopic (exact) mass is 444 g/mol. The van der Waals surface area contributed by atoms with Crippen molar-refractivity contribution in [1.82, 2.24) is 9.97 Å². The summed E-state index contributed by atoms with van der Waals surface area (Å²) in [6.45, 7) is 2.77. The summed E-state index contributed by atoms with van der Waals surface area (Å²) in [5.74, 6) is 1.73. The lowest BCUT2D eigenvalue weighted by molar-refractivity contribution is 0.288. The van der Waals surface area contributed by atoms with Crippen molar-refractivity contribution in [3.63, 3.8) is 0 Å². The highest BCUT2D eigenvalue weighted by atomic mass is 35.5. The highest BCUT2D eigenvalue weighted by Crippen LogP contribution is 2.35. The van der Waals surface area contributed by atoms with E-state index in [1.165, 1.54) is 16.9 Å². The number of unbranched alkanes of at least 4 members (excludes halogenated alkanes) is 1. The number of nitrogens with one attached hydrogen (secondary N) is 1. The summed E-state index contributed by atoms with van der Waals surface area (Å²) in [6.07, 6.45) is 8.12. The summed E-state index contributed by atoms with van der Waals surface area (Å²) in [5, 5.41) is 1.11. The molecule has 1 aliphatic carbocycles. The number of H-pyrrole nitrogens is 1. The molecule has 0 radical (unpaired) electrons. The van der Waals surface area contributed by atoms with Gasteiger partial charge in [-0.3, -0.25) is 4.79 Å². The molecule has 30 heavy (non-hydrogen) atoms. The summed E-state index contributed by atoms with van der Waals surface area (Å²) >= 11 is 8.15. The fraction of sp³-hybridized carbons (Fsp3) is 0.391. The zero-order chi connectivity index (χ0) is 21.1. The number of methoxy groups -OCH3 is 1. The number of rotatable bonds is 7. The van der Waals surface area contributed by atoms with Crippen molar-refractivity contribution in [2.24, 2.45) is 0 Å². The molecule has 0 amide bonds. The molecule has 5 nitrogen and oxygen atoms in total. The van der Waals surface area contributed by atoms with E-state index >= 15 is 0 Å². The highest BCUT2D eigenvalue weighted by molar-refractivity contribution is 7.18. The molecule has 0 bridgehead atoms. The topological polar surface area (TPSA) is 64.2 Å². The number of aromatic nitrogens is 2. The number of hydrogen-bond donors (Lipinski definition) is 1. The van der Waals surface area contributed by atoms with Crippen LogP contribution in [0.2, 0.25) is 0 Å². The molecule has 0 spiro atoms. The van der Waals surface area contributed by atoms with E-state index in [0.717, 1.165) is 47.9 Å². The number of thiophene rings is 1. The summed E-state index contributed by atoms with van der Waals surface area (Å²) in [7, 11) is 1.61. The van der Waals surface area contributed by atoms with Gasteiger partial charge >= 0.3 is 0 Å². The van der Waals surface area contributed by atoms with Gasteiger partial charge in [-0.1, -0.05) is 31.0 Å². The summed E-state index contributed by atoms with van der Waals surface area (Å²) in [6, 6.07) is 5.65. The largest absolute Gasteiger partial charge is 0.493 e. The molecule has 0 saturated carbocycles. The Morgan fingerprint density at radius 2 is 2.13 bits per heavy atom. The summed E-state index contributed by atoms with van der Waals surface area (Å²) in [5.41, 5.74) is 1.90. The van der Waals surface area contributed by atoms with Crippen LogP contribution in [-0.4, -0.2) is 23.7 Å². The molecule has 158 valence electrons. The Morgan fingerprint density at radius 1 is 1.30 bits per heavy atom. The minimum atomic E-state index is -0.113. The van der Waals surface area contributed by atoms with Gasteiger partial charge in [0.1, 0.15) is 4.83 Å². The molecule has 0 saturated heterocycles. The molecule has 0 aliphatic heterocycles. The predicted molar refractivity (Wildman–Crippen MR) is 124 cm³/mol. The van der Waals surface area contributed by atoms with Gasteiger partial charge < -0.3 is 14.5 Å². The van der Waals surface area contributed by atoms with Gasteiger partial charge in [-0.05, 0) is 61.4 Å². The van der Waals surface area contributed by atoms with Crippen molar-refractivity contribution >= 4 is 44.3 Å². The lowest BCUT2D eigenvalue weighted by Crippen LogP contribution is -2.12. The molecule has 0 fully saturated rings. The van der Waals surface area contributed by atoms with E-state index in [1.54, 1.807) is 24.5 Å². The number of nitrogens with zero attached hydrogens (tertiary/aromatic N) is 1. The molecule has 1 aliphatic rings. The molecule has 3 aromatic rings. The zero-order valence-electron chi connectivity index (χ0n) is 17.2.